The summed E-state index contributed by atoms with van der Waals surface area (Å²) in [5, 5.41) is 2.52. The van der Waals surface area contributed by atoms with Crippen LogP contribution in [-0.2, 0) is 0 Å². The van der Waals surface area contributed by atoms with Gasteiger partial charge in [0, 0.05) is 22.5 Å². The molecule has 76 valence electrons. The van der Waals surface area contributed by atoms with Gasteiger partial charge in [-0.25, -0.2) is 4.98 Å². The summed E-state index contributed by atoms with van der Waals surface area (Å²) in [7, 11) is 0. The molecule has 4 rings (SSSR count). The van der Waals surface area contributed by atoms with Crippen LogP contribution in [0.2, 0.25) is 0 Å². The molecule has 3 heteroatoms. The Kier molecular flexibility index (Phi) is 1.31. The predicted molar refractivity (Wildman–Crippen MR) is 64.6 cm³/mol. The van der Waals surface area contributed by atoms with E-state index in [0.717, 1.165) is 11.0 Å². The quantitative estimate of drug-likeness (QED) is 0.472. The third-order valence-corrected chi connectivity index (χ3v) is 3.07. The van der Waals surface area contributed by atoms with Gasteiger partial charge in [-0.15, -0.1) is 0 Å². The molecule has 0 radical (unpaired) electrons. The minimum atomic E-state index is 1.12. The van der Waals surface area contributed by atoms with Crippen molar-refractivity contribution < 1.29 is 0 Å². The number of H-pyrrole nitrogens is 1. The van der Waals surface area contributed by atoms with Crippen molar-refractivity contribution in [1.82, 2.24) is 14.4 Å². The largest absolute Gasteiger partial charge is 0.353 e. The van der Waals surface area contributed by atoms with E-state index < -0.39 is 0 Å². The van der Waals surface area contributed by atoms with Gasteiger partial charge in [0.25, 0.3) is 0 Å². The van der Waals surface area contributed by atoms with Crippen LogP contribution in [0.3, 0.4) is 0 Å². The van der Waals surface area contributed by atoms with Gasteiger partial charge in [0.2, 0.25) is 0 Å². The second-order valence-electron chi connectivity index (χ2n) is 3.96. The third kappa shape index (κ3) is 0.852. The minimum Gasteiger partial charge on any atom is -0.353 e. The molecule has 3 aromatic heterocycles. The van der Waals surface area contributed by atoms with Crippen molar-refractivity contribution in [3.8, 4) is 0 Å². The van der Waals surface area contributed by atoms with E-state index in [4.69, 9.17) is 0 Å². The molecule has 0 bridgehead atoms. The molecule has 0 unspecified atom stereocenters. The van der Waals surface area contributed by atoms with E-state index in [1.807, 2.05) is 29.2 Å². The molecule has 0 atom stereocenters. The molecular formula is C13H9N3. The van der Waals surface area contributed by atoms with E-state index in [0.29, 0.717) is 0 Å². The van der Waals surface area contributed by atoms with Crippen LogP contribution >= 0.6 is 0 Å². The summed E-state index contributed by atoms with van der Waals surface area (Å²) in [6.45, 7) is 0. The minimum absolute atomic E-state index is 1.12. The maximum absolute atomic E-state index is 4.16. The van der Waals surface area contributed by atoms with Crippen molar-refractivity contribution in [2.24, 2.45) is 0 Å². The van der Waals surface area contributed by atoms with Gasteiger partial charge in [-0.3, -0.25) is 0 Å². The lowest BCUT2D eigenvalue weighted by Crippen LogP contribution is -1.80. The number of hydrogen-bond donors (Lipinski definition) is 1. The van der Waals surface area contributed by atoms with Crippen LogP contribution in [-0.4, -0.2) is 14.4 Å². The van der Waals surface area contributed by atoms with Gasteiger partial charge in [-0.2, -0.15) is 0 Å². The zero-order valence-electron chi connectivity index (χ0n) is 8.51. The van der Waals surface area contributed by atoms with Crippen molar-refractivity contribution >= 4 is 27.3 Å². The summed E-state index contributed by atoms with van der Waals surface area (Å²) < 4.78 is 2.03. The average Bonchev–Trinajstić information content (AvgIpc) is 2.92. The van der Waals surface area contributed by atoms with Gasteiger partial charge in [-0.1, -0.05) is 18.2 Å². The molecule has 0 spiro atoms. The first kappa shape index (κ1) is 7.93. The van der Waals surface area contributed by atoms with Crippen LogP contribution in [0, 0.1) is 0 Å². The van der Waals surface area contributed by atoms with Gasteiger partial charge in [-0.05, 0) is 12.1 Å². The lowest BCUT2D eigenvalue weighted by Gasteiger charge is -1.94. The monoisotopic (exact) mass is 207 g/mol. The molecule has 0 aliphatic carbocycles. The van der Waals surface area contributed by atoms with Crippen LogP contribution in [0.5, 0.6) is 0 Å². The number of rotatable bonds is 0. The highest BCUT2D eigenvalue weighted by molar-refractivity contribution is 6.11. The molecule has 3 heterocycles. The number of aromatic amines is 1. The molecule has 1 N–H and O–H groups in total. The SMILES string of the molecule is c1ccc2c(c1)[nH]c1c2ccn2cncc12. The number of benzene rings is 1. The highest BCUT2D eigenvalue weighted by Crippen LogP contribution is 2.27. The highest BCUT2D eigenvalue weighted by atomic mass is 15.0. The standard InChI is InChI=1S/C13H9N3/c1-2-4-11-9(3-1)10-5-6-16-8-14-7-12(16)13(10)15-11/h1-8,15H. The Morgan fingerprint density at radius 2 is 2.00 bits per heavy atom. The molecule has 3 nitrogen and oxygen atoms in total. The normalized spacial score (nSPS) is 11.8. The fraction of sp³-hybridized carbons (Fsp3) is 0. The van der Waals surface area contributed by atoms with Crippen LogP contribution in [0.15, 0.2) is 49.1 Å². The van der Waals surface area contributed by atoms with Crippen molar-refractivity contribution in [3.63, 3.8) is 0 Å². The van der Waals surface area contributed by atoms with Gasteiger partial charge in [0.05, 0.1) is 23.6 Å². The number of para-hydroxylation sites is 1. The summed E-state index contributed by atoms with van der Waals surface area (Å²) in [5.74, 6) is 0. The fourth-order valence-electron chi connectivity index (χ4n) is 2.31. The van der Waals surface area contributed by atoms with Crippen LogP contribution < -0.4 is 0 Å². The number of nitrogens with zero attached hydrogens (tertiary/aromatic N) is 2. The zero-order chi connectivity index (χ0) is 10.5. The van der Waals surface area contributed by atoms with E-state index in [2.05, 4.69) is 34.2 Å². The number of aromatic nitrogens is 3. The first-order valence-electron chi connectivity index (χ1n) is 5.24. The molecule has 0 fully saturated rings. The van der Waals surface area contributed by atoms with Gasteiger partial charge in [0.15, 0.2) is 0 Å². The van der Waals surface area contributed by atoms with Crippen LogP contribution in [0.4, 0.5) is 0 Å². The maximum Gasteiger partial charge on any atom is 0.0992 e. The summed E-state index contributed by atoms with van der Waals surface area (Å²) in [6.07, 6.45) is 5.75. The summed E-state index contributed by atoms with van der Waals surface area (Å²) in [6, 6.07) is 10.5. The first-order valence-corrected chi connectivity index (χ1v) is 5.24. The third-order valence-electron chi connectivity index (χ3n) is 3.07. The molecule has 16 heavy (non-hydrogen) atoms. The Bertz CT molecular complexity index is 808. The van der Waals surface area contributed by atoms with E-state index in [9.17, 15) is 0 Å². The van der Waals surface area contributed by atoms with E-state index >= 15 is 0 Å². The average molecular weight is 207 g/mol. The van der Waals surface area contributed by atoms with Crippen LogP contribution in [0.1, 0.15) is 0 Å². The van der Waals surface area contributed by atoms with Crippen molar-refractivity contribution in [2.45, 2.75) is 0 Å². The molecule has 0 amide bonds. The molecule has 0 saturated heterocycles. The molecule has 0 aliphatic heterocycles. The number of hydrogen-bond acceptors (Lipinski definition) is 1. The first-order chi connectivity index (χ1) is 7.93. The number of imidazole rings is 1. The second-order valence-corrected chi connectivity index (χ2v) is 3.96. The van der Waals surface area contributed by atoms with E-state index in [1.165, 1.54) is 16.3 Å². The zero-order valence-corrected chi connectivity index (χ0v) is 8.51. The fourth-order valence-corrected chi connectivity index (χ4v) is 2.31. The summed E-state index contributed by atoms with van der Waals surface area (Å²) in [4.78, 5) is 7.61. The van der Waals surface area contributed by atoms with Gasteiger partial charge < -0.3 is 9.38 Å². The van der Waals surface area contributed by atoms with E-state index in [-0.39, 0.29) is 0 Å². The van der Waals surface area contributed by atoms with E-state index in [1.54, 1.807) is 0 Å². The summed E-state index contributed by atoms with van der Waals surface area (Å²) >= 11 is 0. The Labute approximate surface area is 91.3 Å². The van der Waals surface area contributed by atoms with Gasteiger partial charge >= 0.3 is 0 Å². The lowest BCUT2D eigenvalue weighted by molar-refractivity contribution is 1.16. The predicted octanol–water partition coefficient (Wildman–Crippen LogP) is 2.97. The number of fused-ring (bicyclic) bond motifs is 5. The van der Waals surface area contributed by atoms with Crippen molar-refractivity contribution in [1.29, 1.82) is 0 Å². The maximum atomic E-state index is 4.16. The Balaban J connectivity index is 2.38. The van der Waals surface area contributed by atoms with Crippen molar-refractivity contribution in [2.75, 3.05) is 0 Å². The van der Waals surface area contributed by atoms with Gasteiger partial charge in [0.1, 0.15) is 0 Å². The summed E-state index contributed by atoms with van der Waals surface area (Å²) in [5.41, 5.74) is 3.45. The molecular weight excluding hydrogens is 198 g/mol. The number of pyridine rings is 1. The topological polar surface area (TPSA) is 33.1 Å². The second kappa shape index (κ2) is 2.64. The smallest absolute Gasteiger partial charge is 0.0992 e. The molecule has 1 aromatic carbocycles. The van der Waals surface area contributed by atoms with Crippen LogP contribution in [0.25, 0.3) is 27.3 Å². The highest BCUT2D eigenvalue weighted by Gasteiger charge is 2.06. The lowest BCUT2D eigenvalue weighted by atomic mass is 10.2. The number of nitrogens with one attached hydrogen (secondary N) is 1. The molecule has 4 aromatic rings. The molecule has 0 aliphatic rings. The Morgan fingerprint density at radius 1 is 1.06 bits per heavy atom. The Hall–Kier alpha value is -2.29. The molecule has 0 saturated carbocycles. The Morgan fingerprint density at radius 3 is 3.00 bits per heavy atom. The van der Waals surface area contributed by atoms with Crippen molar-refractivity contribution in [3.05, 3.63) is 49.1 Å².